The highest BCUT2D eigenvalue weighted by Crippen LogP contribution is 2.14. The molecule has 0 spiro atoms. The smallest absolute Gasteiger partial charge is 0.305 e. The third-order valence-corrected chi connectivity index (χ3v) is 7.53. The summed E-state index contributed by atoms with van der Waals surface area (Å²) in [7, 11) is 0. The van der Waals surface area contributed by atoms with Crippen molar-refractivity contribution in [2.24, 2.45) is 5.92 Å². The van der Waals surface area contributed by atoms with Gasteiger partial charge in [-0.3, -0.25) is 9.59 Å². The van der Waals surface area contributed by atoms with Gasteiger partial charge >= 0.3 is 11.9 Å². The van der Waals surface area contributed by atoms with Crippen LogP contribution in [0.2, 0.25) is 0 Å². The Hall–Kier alpha value is -2.44. The predicted molar refractivity (Wildman–Crippen MR) is 192 cm³/mol. The van der Waals surface area contributed by atoms with Crippen LogP contribution in [0.15, 0.2) is 60.8 Å². The van der Waals surface area contributed by atoms with Crippen molar-refractivity contribution in [3.8, 4) is 0 Å². The third kappa shape index (κ3) is 34.4. The fourth-order valence-corrected chi connectivity index (χ4v) is 4.74. The summed E-state index contributed by atoms with van der Waals surface area (Å²) in [5.41, 5.74) is 0. The van der Waals surface area contributed by atoms with E-state index < -0.39 is 12.2 Å². The van der Waals surface area contributed by atoms with Crippen molar-refractivity contribution in [2.75, 3.05) is 13.2 Å². The Morgan fingerprint density at radius 3 is 1.74 bits per heavy atom. The Balaban J connectivity index is 3.64. The fraction of sp³-hybridized carbons (Fsp3) is 0.700. The minimum absolute atomic E-state index is 0.151. The first-order valence-electron chi connectivity index (χ1n) is 18.3. The minimum Gasteiger partial charge on any atom is -0.463 e. The molecule has 0 amide bonds. The van der Waals surface area contributed by atoms with Gasteiger partial charge in [0.2, 0.25) is 0 Å². The number of esters is 2. The number of aliphatic hydroxyl groups excluding tert-OH is 2. The largest absolute Gasteiger partial charge is 0.463 e. The highest BCUT2D eigenvalue weighted by molar-refractivity contribution is 5.69. The molecule has 0 rings (SSSR count). The Kier molecular flexibility index (Phi) is 32.1. The van der Waals surface area contributed by atoms with Crippen molar-refractivity contribution in [3.05, 3.63) is 60.8 Å². The van der Waals surface area contributed by atoms with Crippen molar-refractivity contribution in [3.63, 3.8) is 0 Å². The number of unbranched alkanes of at least 4 members (excludes halogenated alkanes) is 11. The van der Waals surface area contributed by atoms with Gasteiger partial charge < -0.3 is 19.7 Å². The summed E-state index contributed by atoms with van der Waals surface area (Å²) in [6.45, 7) is 6.38. The molecule has 0 fully saturated rings. The van der Waals surface area contributed by atoms with Crippen molar-refractivity contribution in [1.82, 2.24) is 0 Å². The lowest BCUT2D eigenvalue weighted by atomic mass is 10.0. The maximum absolute atomic E-state index is 11.9. The summed E-state index contributed by atoms with van der Waals surface area (Å²) < 4.78 is 10.2. The average molecular weight is 645 g/mol. The van der Waals surface area contributed by atoms with Crippen molar-refractivity contribution in [2.45, 2.75) is 161 Å². The molecule has 0 saturated heterocycles. The number of hydrogen-bond acceptors (Lipinski definition) is 6. The highest BCUT2D eigenvalue weighted by atomic mass is 16.6. The van der Waals surface area contributed by atoms with Crippen LogP contribution in [0.25, 0.3) is 0 Å². The molecule has 0 aliphatic heterocycles. The van der Waals surface area contributed by atoms with E-state index in [1.54, 1.807) is 6.08 Å². The summed E-state index contributed by atoms with van der Waals surface area (Å²) in [6, 6.07) is 0. The van der Waals surface area contributed by atoms with Crippen LogP contribution in [-0.2, 0) is 19.1 Å². The average Bonchev–Trinajstić information content (AvgIpc) is 3.03. The fourth-order valence-electron chi connectivity index (χ4n) is 4.74. The number of ether oxygens (including phenoxy) is 2. The van der Waals surface area contributed by atoms with E-state index in [4.69, 9.17) is 9.47 Å². The Labute approximate surface area is 282 Å². The number of aliphatic hydroxyl groups is 2. The maximum Gasteiger partial charge on any atom is 0.305 e. The lowest BCUT2D eigenvalue weighted by Crippen LogP contribution is -2.25. The number of carbonyl (C=O) groups is 2. The van der Waals surface area contributed by atoms with Gasteiger partial charge in [-0.15, -0.1) is 0 Å². The molecule has 2 N–H and O–H groups in total. The van der Waals surface area contributed by atoms with Gasteiger partial charge in [-0.2, -0.15) is 0 Å². The summed E-state index contributed by atoms with van der Waals surface area (Å²) in [5, 5.41) is 19.9. The normalized spacial score (nSPS) is 13.7. The van der Waals surface area contributed by atoms with Gasteiger partial charge in [-0.1, -0.05) is 152 Å². The summed E-state index contributed by atoms with van der Waals surface area (Å²) in [6.07, 6.45) is 38.8. The molecular weight excluding hydrogens is 576 g/mol. The van der Waals surface area contributed by atoms with Crippen LogP contribution in [0, 0.1) is 5.92 Å². The zero-order valence-corrected chi connectivity index (χ0v) is 29.6. The number of hydrogen-bond donors (Lipinski definition) is 2. The van der Waals surface area contributed by atoms with Crippen LogP contribution in [0.5, 0.6) is 0 Å². The van der Waals surface area contributed by atoms with Gasteiger partial charge in [0.05, 0.1) is 6.10 Å². The highest BCUT2D eigenvalue weighted by Gasteiger charge is 2.12. The SMILES string of the molecule is CC/C=C\C/C=C\CC(O)/C=C/C=C\C/C=C\CCCC(=O)OC[C@@H](O)COC(=O)CCCCCCCCCCCCCC(C)C. The molecule has 1 unspecified atom stereocenters. The van der Waals surface area contributed by atoms with Crippen LogP contribution in [0.1, 0.15) is 149 Å². The first-order chi connectivity index (χ1) is 22.3. The molecule has 46 heavy (non-hydrogen) atoms. The predicted octanol–water partition coefficient (Wildman–Crippen LogP) is 10.1. The first-order valence-corrected chi connectivity index (χ1v) is 18.3. The standard InChI is InChI=1S/C40H68O6/c1-4-5-6-7-20-25-30-37(41)31-26-21-16-13-14-18-23-28-33-40(44)46-35-38(42)34-45-39(43)32-27-22-17-12-10-8-9-11-15-19-24-29-36(2)3/h5-6,14,16,18,20-21,25-26,31,36-38,41-42H,4,7-13,15,17,19,22-24,27-30,32-35H2,1-3H3/b6-5-,18-14-,21-16-,25-20-,31-26+/t37?,38-/m0/s1. The van der Waals surface area contributed by atoms with Gasteiger partial charge in [0, 0.05) is 12.8 Å². The lowest BCUT2D eigenvalue weighted by molar-refractivity contribution is -0.152. The number of rotatable bonds is 31. The second-order valence-electron chi connectivity index (χ2n) is 12.6. The molecule has 0 bridgehead atoms. The van der Waals surface area contributed by atoms with Crippen LogP contribution >= 0.6 is 0 Å². The second kappa shape index (κ2) is 33.9. The molecule has 0 heterocycles. The molecule has 0 aromatic carbocycles. The van der Waals surface area contributed by atoms with Crippen molar-refractivity contribution < 1.29 is 29.3 Å². The lowest BCUT2D eigenvalue weighted by Gasteiger charge is -2.12. The van der Waals surface area contributed by atoms with Gasteiger partial charge in [0.15, 0.2) is 0 Å². The molecule has 0 aliphatic rings. The van der Waals surface area contributed by atoms with E-state index in [0.29, 0.717) is 19.3 Å². The quantitative estimate of drug-likeness (QED) is 0.0338. The molecule has 264 valence electrons. The third-order valence-electron chi connectivity index (χ3n) is 7.53. The molecule has 0 aromatic rings. The van der Waals surface area contributed by atoms with Crippen molar-refractivity contribution >= 4 is 11.9 Å². The topological polar surface area (TPSA) is 93.1 Å². The van der Waals surface area contributed by atoms with E-state index in [1.165, 1.54) is 57.8 Å². The number of allylic oxidation sites excluding steroid dienone is 8. The van der Waals surface area contributed by atoms with Crippen LogP contribution in [0.3, 0.4) is 0 Å². The summed E-state index contributed by atoms with van der Waals surface area (Å²) in [4.78, 5) is 23.9. The Morgan fingerprint density at radius 1 is 0.609 bits per heavy atom. The summed E-state index contributed by atoms with van der Waals surface area (Å²) >= 11 is 0. The molecule has 0 radical (unpaired) electrons. The molecule has 0 saturated carbocycles. The maximum atomic E-state index is 11.9. The summed E-state index contributed by atoms with van der Waals surface area (Å²) in [5.74, 6) is 0.154. The monoisotopic (exact) mass is 645 g/mol. The zero-order chi connectivity index (χ0) is 33.9. The Bertz CT molecular complexity index is 854. The van der Waals surface area contributed by atoms with Gasteiger partial charge in [-0.25, -0.2) is 0 Å². The van der Waals surface area contributed by atoms with Gasteiger partial charge in [-0.05, 0) is 50.9 Å². The van der Waals surface area contributed by atoms with E-state index in [1.807, 2.05) is 36.5 Å². The van der Waals surface area contributed by atoms with Crippen molar-refractivity contribution in [1.29, 1.82) is 0 Å². The molecule has 0 aromatic heterocycles. The molecule has 0 aliphatic carbocycles. The zero-order valence-electron chi connectivity index (χ0n) is 29.6. The van der Waals surface area contributed by atoms with E-state index in [-0.39, 0.29) is 31.6 Å². The Morgan fingerprint density at radius 2 is 1.13 bits per heavy atom. The first kappa shape index (κ1) is 43.6. The van der Waals surface area contributed by atoms with Gasteiger partial charge in [0.1, 0.15) is 19.3 Å². The molecule has 2 atom stereocenters. The molecular formula is C40H68O6. The van der Waals surface area contributed by atoms with Gasteiger partial charge in [0.25, 0.3) is 0 Å². The van der Waals surface area contributed by atoms with Crippen LogP contribution in [-0.4, -0.2) is 47.6 Å². The van der Waals surface area contributed by atoms with E-state index >= 15 is 0 Å². The minimum atomic E-state index is -1.01. The molecule has 6 heteroatoms. The van der Waals surface area contributed by atoms with E-state index in [9.17, 15) is 19.8 Å². The van der Waals surface area contributed by atoms with E-state index in [0.717, 1.165) is 50.9 Å². The number of carbonyl (C=O) groups excluding carboxylic acids is 2. The van der Waals surface area contributed by atoms with E-state index in [2.05, 4.69) is 39.0 Å². The molecule has 6 nitrogen and oxygen atoms in total. The van der Waals surface area contributed by atoms with Crippen LogP contribution in [0.4, 0.5) is 0 Å². The van der Waals surface area contributed by atoms with Crippen LogP contribution < -0.4 is 0 Å². The second-order valence-corrected chi connectivity index (χ2v) is 12.6.